The fourth-order valence-corrected chi connectivity index (χ4v) is 2.48. The molecule has 0 spiro atoms. The third-order valence-corrected chi connectivity index (χ3v) is 3.76. The number of hydrogen-bond donors (Lipinski definition) is 2. The number of aryl methyl sites for hydroxylation is 1. The molecule has 4 nitrogen and oxygen atoms in total. The maximum Gasteiger partial charge on any atom is 0.336 e. The van der Waals surface area contributed by atoms with E-state index in [0.29, 0.717) is 22.7 Å². The van der Waals surface area contributed by atoms with E-state index in [0.717, 1.165) is 16.6 Å². The summed E-state index contributed by atoms with van der Waals surface area (Å²) < 4.78 is 5.29. The Kier molecular flexibility index (Phi) is 3.77. The first kappa shape index (κ1) is 14.5. The largest absolute Gasteiger partial charge is 0.507 e. The summed E-state index contributed by atoms with van der Waals surface area (Å²) in [5, 5.41) is 14.7. The summed E-state index contributed by atoms with van der Waals surface area (Å²) in [5.74, 6) is 0.0858. The Morgan fingerprint density at radius 2 is 1.91 bits per heavy atom. The fourth-order valence-electron chi connectivity index (χ4n) is 2.36. The number of phenols is 1. The second-order valence-electron chi connectivity index (χ2n) is 5.05. The van der Waals surface area contributed by atoms with Gasteiger partial charge < -0.3 is 14.8 Å². The number of fused-ring (bicyclic) bond motifs is 1. The highest BCUT2D eigenvalue weighted by atomic mass is 35.5. The second kappa shape index (κ2) is 5.73. The third-order valence-electron chi connectivity index (χ3n) is 3.51. The molecule has 0 unspecified atom stereocenters. The van der Waals surface area contributed by atoms with Crippen LogP contribution in [0.3, 0.4) is 0 Å². The van der Waals surface area contributed by atoms with E-state index in [1.54, 1.807) is 24.3 Å². The van der Waals surface area contributed by atoms with Gasteiger partial charge in [-0.05, 0) is 48.9 Å². The molecule has 0 bridgehead atoms. The molecule has 0 saturated carbocycles. The lowest BCUT2D eigenvalue weighted by Gasteiger charge is -2.11. The van der Waals surface area contributed by atoms with Gasteiger partial charge in [0.05, 0.1) is 5.56 Å². The number of anilines is 1. The molecule has 0 saturated heterocycles. The molecule has 22 heavy (non-hydrogen) atoms. The number of nitrogens with one attached hydrogen (secondary N) is 1. The summed E-state index contributed by atoms with van der Waals surface area (Å²) >= 11 is 5.85. The maximum absolute atomic E-state index is 11.6. The molecule has 1 aromatic heterocycles. The molecule has 0 aliphatic carbocycles. The van der Waals surface area contributed by atoms with E-state index in [-0.39, 0.29) is 5.75 Å². The molecule has 0 fully saturated rings. The molecule has 112 valence electrons. The highest BCUT2D eigenvalue weighted by Crippen LogP contribution is 2.29. The Bertz CT molecular complexity index is 885. The Hall–Kier alpha value is -2.46. The number of halogens is 1. The molecule has 2 aromatic carbocycles. The molecule has 0 atom stereocenters. The van der Waals surface area contributed by atoms with Crippen molar-refractivity contribution in [3.05, 3.63) is 69.0 Å². The molecule has 1 heterocycles. The summed E-state index contributed by atoms with van der Waals surface area (Å²) in [6, 6.07) is 12.0. The molecule has 2 N–H and O–H groups in total. The lowest BCUT2D eigenvalue weighted by atomic mass is 10.1. The van der Waals surface area contributed by atoms with Gasteiger partial charge in [0.1, 0.15) is 11.3 Å². The zero-order valence-corrected chi connectivity index (χ0v) is 12.6. The average molecular weight is 316 g/mol. The van der Waals surface area contributed by atoms with Crippen molar-refractivity contribution in [1.82, 2.24) is 0 Å². The van der Waals surface area contributed by atoms with E-state index in [1.165, 1.54) is 6.07 Å². The van der Waals surface area contributed by atoms with Gasteiger partial charge in [0.25, 0.3) is 0 Å². The van der Waals surface area contributed by atoms with Gasteiger partial charge >= 0.3 is 5.63 Å². The van der Waals surface area contributed by atoms with Crippen LogP contribution in [0.15, 0.2) is 51.7 Å². The van der Waals surface area contributed by atoms with Crippen molar-refractivity contribution in [2.45, 2.75) is 13.5 Å². The van der Waals surface area contributed by atoms with Gasteiger partial charge in [-0.3, -0.25) is 0 Å². The Morgan fingerprint density at radius 1 is 1.18 bits per heavy atom. The lowest BCUT2D eigenvalue weighted by molar-refractivity contribution is 0.466. The predicted molar refractivity (Wildman–Crippen MR) is 87.7 cm³/mol. The van der Waals surface area contributed by atoms with Gasteiger partial charge in [-0.25, -0.2) is 4.79 Å². The van der Waals surface area contributed by atoms with Crippen LogP contribution in [-0.4, -0.2) is 5.11 Å². The standard InChI is InChI=1S/C17H14ClNO3/c1-10-8-16(21)22-17-13(10)6-7-15(20)14(17)9-19-12-4-2-11(18)3-5-12/h2-8,19-20H,9H2,1H3. The van der Waals surface area contributed by atoms with Crippen LogP contribution in [0.25, 0.3) is 11.0 Å². The first-order valence-electron chi connectivity index (χ1n) is 6.79. The van der Waals surface area contributed by atoms with Crippen molar-refractivity contribution in [3.63, 3.8) is 0 Å². The minimum atomic E-state index is -0.427. The van der Waals surface area contributed by atoms with Crippen molar-refractivity contribution >= 4 is 28.3 Å². The van der Waals surface area contributed by atoms with Crippen LogP contribution < -0.4 is 10.9 Å². The van der Waals surface area contributed by atoms with Crippen molar-refractivity contribution in [1.29, 1.82) is 0 Å². The summed E-state index contributed by atoms with van der Waals surface area (Å²) in [7, 11) is 0. The zero-order chi connectivity index (χ0) is 15.7. The molecule has 0 aliphatic heterocycles. The van der Waals surface area contributed by atoms with Crippen LogP contribution in [0, 0.1) is 6.92 Å². The summed E-state index contributed by atoms with van der Waals surface area (Å²) in [6.07, 6.45) is 0. The molecule has 5 heteroatoms. The minimum absolute atomic E-state index is 0.0858. The highest BCUT2D eigenvalue weighted by molar-refractivity contribution is 6.30. The molecular weight excluding hydrogens is 302 g/mol. The average Bonchev–Trinajstić information content (AvgIpc) is 2.47. The fraction of sp³-hybridized carbons (Fsp3) is 0.118. The normalized spacial score (nSPS) is 10.8. The SMILES string of the molecule is Cc1cc(=O)oc2c(CNc3ccc(Cl)cc3)c(O)ccc12. The number of hydrogen-bond acceptors (Lipinski definition) is 4. The maximum atomic E-state index is 11.6. The smallest absolute Gasteiger partial charge is 0.336 e. The summed E-state index contributed by atoms with van der Waals surface area (Å²) in [6.45, 7) is 2.17. The lowest BCUT2D eigenvalue weighted by Crippen LogP contribution is -2.04. The van der Waals surface area contributed by atoms with E-state index < -0.39 is 5.63 Å². The van der Waals surface area contributed by atoms with Crippen LogP contribution >= 0.6 is 11.6 Å². The first-order valence-corrected chi connectivity index (χ1v) is 7.17. The number of benzene rings is 2. The molecule has 0 radical (unpaired) electrons. The van der Waals surface area contributed by atoms with Gasteiger partial charge in [0.2, 0.25) is 0 Å². The van der Waals surface area contributed by atoms with Gasteiger partial charge in [-0.2, -0.15) is 0 Å². The summed E-state index contributed by atoms with van der Waals surface area (Å²) in [4.78, 5) is 11.6. The Balaban J connectivity index is 2.00. The van der Waals surface area contributed by atoms with Gasteiger partial charge in [0.15, 0.2) is 0 Å². The van der Waals surface area contributed by atoms with E-state index >= 15 is 0 Å². The molecule has 3 rings (SSSR count). The number of rotatable bonds is 3. The topological polar surface area (TPSA) is 62.5 Å². The quantitative estimate of drug-likeness (QED) is 0.715. The summed E-state index contributed by atoms with van der Waals surface area (Å²) in [5.41, 5.74) is 2.21. The van der Waals surface area contributed by atoms with Crippen LogP contribution in [0.2, 0.25) is 5.02 Å². The van der Waals surface area contributed by atoms with E-state index in [2.05, 4.69) is 5.32 Å². The Labute approximate surface area is 132 Å². The van der Waals surface area contributed by atoms with Crippen LogP contribution in [0.4, 0.5) is 5.69 Å². The molecule has 0 aliphatic rings. The number of aromatic hydroxyl groups is 1. The predicted octanol–water partition coefficient (Wildman–Crippen LogP) is 4.07. The van der Waals surface area contributed by atoms with Crippen LogP contribution in [0.5, 0.6) is 5.75 Å². The number of phenolic OH excluding ortho intramolecular Hbond substituents is 1. The van der Waals surface area contributed by atoms with Crippen molar-refractivity contribution in [2.24, 2.45) is 0 Å². The minimum Gasteiger partial charge on any atom is -0.507 e. The molecule has 3 aromatic rings. The van der Waals surface area contributed by atoms with Crippen molar-refractivity contribution in [2.75, 3.05) is 5.32 Å². The van der Waals surface area contributed by atoms with Crippen molar-refractivity contribution in [3.8, 4) is 5.75 Å². The van der Waals surface area contributed by atoms with Gasteiger partial charge in [0, 0.05) is 28.7 Å². The molecular formula is C17H14ClNO3. The van der Waals surface area contributed by atoms with Crippen LogP contribution in [-0.2, 0) is 6.54 Å². The first-order chi connectivity index (χ1) is 10.5. The van der Waals surface area contributed by atoms with E-state index in [4.69, 9.17) is 16.0 Å². The van der Waals surface area contributed by atoms with E-state index in [1.807, 2.05) is 19.1 Å². The third kappa shape index (κ3) is 2.78. The Morgan fingerprint density at radius 3 is 2.64 bits per heavy atom. The van der Waals surface area contributed by atoms with E-state index in [9.17, 15) is 9.90 Å². The highest BCUT2D eigenvalue weighted by Gasteiger charge is 2.12. The van der Waals surface area contributed by atoms with Crippen LogP contribution in [0.1, 0.15) is 11.1 Å². The second-order valence-corrected chi connectivity index (χ2v) is 5.49. The zero-order valence-electron chi connectivity index (χ0n) is 11.9. The van der Waals surface area contributed by atoms with Crippen molar-refractivity contribution < 1.29 is 9.52 Å². The van der Waals surface area contributed by atoms with Gasteiger partial charge in [-0.1, -0.05) is 11.6 Å². The monoisotopic (exact) mass is 315 g/mol. The molecule has 0 amide bonds. The van der Waals surface area contributed by atoms with Gasteiger partial charge in [-0.15, -0.1) is 0 Å².